The summed E-state index contributed by atoms with van der Waals surface area (Å²) in [5, 5.41) is 0. The fraction of sp³-hybridized carbons (Fsp3) is 0.500. The molecule has 1 aromatic carbocycles. The summed E-state index contributed by atoms with van der Waals surface area (Å²) in [5.41, 5.74) is 6.35. The molecule has 19 heavy (non-hydrogen) atoms. The number of nitrogens with two attached hydrogens (primary N) is 1. The molecule has 0 aromatic heterocycles. The Morgan fingerprint density at radius 1 is 1.32 bits per heavy atom. The van der Waals surface area contributed by atoms with Gasteiger partial charge in [-0.1, -0.05) is 12.1 Å². The van der Waals surface area contributed by atoms with Gasteiger partial charge in [0.2, 0.25) is 5.91 Å². The second-order valence-corrected chi connectivity index (χ2v) is 4.17. The highest BCUT2D eigenvalue weighted by molar-refractivity contribution is 5.77. The number of carbonyl (C=O) groups is 1. The predicted octanol–water partition coefficient (Wildman–Crippen LogP) is 1.02. The number of rotatable bonds is 8. The van der Waals surface area contributed by atoms with Crippen LogP contribution in [0.25, 0.3) is 0 Å². The molecule has 0 atom stereocenters. The van der Waals surface area contributed by atoms with Gasteiger partial charge in [0.1, 0.15) is 12.4 Å². The SMILES string of the molecule is CCOc1ccc(CN(C)C(=O)COCCN)cc1. The molecule has 5 nitrogen and oxygen atoms in total. The van der Waals surface area contributed by atoms with Gasteiger partial charge in [0.15, 0.2) is 0 Å². The van der Waals surface area contributed by atoms with Crippen molar-refractivity contribution < 1.29 is 14.3 Å². The lowest BCUT2D eigenvalue weighted by molar-refractivity contribution is -0.135. The Balaban J connectivity index is 2.42. The number of hydrogen-bond acceptors (Lipinski definition) is 4. The summed E-state index contributed by atoms with van der Waals surface area (Å²) in [6.07, 6.45) is 0. The molecule has 0 saturated carbocycles. The van der Waals surface area contributed by atoms with Gasteiger partial charge in [0, 0.05) is 20.1 Å². The zero-order valence-corrected chi connectivity index (χ0v) is 11.6. The van der Waals surface area contributed by atoms with Crippen molar-refractivity contribution in [1.29, 1.82) is 0 Å². The molecule has 0 radical (unpaired) electrons. The molecular formula is C14H22N2O3. The van der Waals surface area contributed by atoms with Crippen LogP contribution < -0.4 is 10.5 Å². The third-order valence-electron chi connectivity index (χ3n) is 2.57. The normalized spacial score (nSPS) is 10.3. The Labute approximate surface area is 114 Å². The van der Waals surface area contributed by atoms with Gasteiger partial charge in [-0.3, -0.25) is 4.79 Å². The third kappa shape index (κ3) is 5.72. The summed E-state index contributed by atoms with van der Waals surface area (Å²) >= 11 is 0. The standard InChI is InChI=1S/C14H22N2O3/c1-3-19-13-6-4-12(5-7-13)10-16(2)14(17)11-18-9-8-15/h4-7H,3,8-11,15H2,1-2H3. The highest BCUT2D eigenvalue weighted by atomic mass is 16.5. The lowest BCUT2D eigenvalue weighted by Crippen LogP contribution is -2.30. The molecule has 0 aliphatic carbocycles. The zero-order valence-electron chi connectivity index (χ0n) is 11.6. The molecule has 1 rings (SSSR count). The lowest BCUT2D eigenvalue weighted by Gasteiger charge is -2.17. The fourth-order valence-electron chi connectivity index (χ4n) is 1.57. The monoisotopic (exact) mass is 266 g/mol. The van der Waals surface area contributed by atoms with Crippen LogP contribution in [0.1, 0.15) is 12.5 Å². The van der Waals surface area contributed by atoms with E-state index in [4.69, 9.17) is 15.2 Å². The first kappa shape index (κ1) is 15.5. The first-order chi connectivity index (χ1) is 9.17. The number of likely N-dealkylation sites (N-methyl/N-ethyl adjacent to an activating group) is 1. The van der Waals surface area contributed by atoms with Crippen LogP contribution in [0.3, 0.4) is 0 Å². The number of nitrogens with zero attached hydrogens (tertiary/aromatic N) is 1. The molecular weight excluding hydrogens is 244 g/mol. The van der Waals surface area contributed by atoms with E-state index < -0.39 is 0 Å². The Morgan fingerprint density at radius 3 is 2.58 bits per heavy atom. The minimum Gasteiger partial charge on any atom is -0.494 e. The largest absolute Gasteiger partial charge is 0.494 e. The predicted molar refractivity (Wildman–Crippen MR) is 74.0 cm³/mol. The van der Waals surface area contributed by atoms with Crippen LogP contribution in [0.4, 0.5) is 0 Å². The molecule has 0 aliphatic rings. The summed E-state index contributed by atoms with van der Waals surface area (Å²) < 4.78 is 10.5. The second kappa shape index (κ2) is 8.50. The van der Waals surface area contributed by atoms with Crippen LogP contribution in [-0.4, -0.2) is 44.2 Å². The number of hydrogen-bond donors (Lipinski definition) is 1. The van der Waals surface area contributed by atoms with Gasteiger partial charge in [-0.25, -0.2) is 0 Å². The van der Waals surface area contributed by atoms with Crippen molar-refractivity contribution in [2.75, 3.05) is 33.4 Å². The molecule has 0 spiro atoms. The van der Waals surface area contributed by atoms with E-state index in [-0.39, 0.29) is 12.5 Å². The number of benzene rings is 1. The van der Waals surface area contributed by atoms with Crippen molar-refractivity contribution in [3.63, 3.8) is 0 Å². The Hall–Kier alpha value is -1.59. The molecule has 0 saturated heterocycles. The van der Waals surface area contributed by atoms with Crippen molar-refractivity contribution in [3.05, 3.63) is 29.8 Å². The maximum Gasteiger partial charge on any atom is 0.248 e. The molecule has 5 heteroatoms. The molecule has 0 heterocycles. The third-order valence-corrected chi connectivity index (χ3v) is 2.57. The van der Waals surface area contributed by atoms with E-state index in [1.165, 1.54) is 0 Å². The first-order valence-electron chi connectivity index (χ1n) is 6.41. The van der Waals surface area contributed by atoms with Crippen molar-refractivity contribution in [3.8, 4) is 5.75 Å². The summed E-state index contributed by atoms with van der Waals surface area (Å²) in [7, 11) is 1.75. The van der Waals surface area contributed by atoms with Crippen LogP contribution in [0.2, 0.25) is 0 Å². The van der Waals surface area contributed by atoms with Crippen molar-refractivity contribution >= 4 is 5.91 Å². The van der Waals surface area contributed by atoms with Crippen LogP contribution in [0.15, 0.2) is 24.3 Å². The average molecular weight is 266 g/mol. The minimum atomic E-state index is -0.0534. The van der Waals surface area contributed by atoms with Gasteiger partial charge in [0.25, 0.3) is 0 Å². The summed E-state index contributed by atoms with van der Waals surface area (Å²) in [6, 6.07) is 7.72. The van der Waals surface area contributed by atoms with Gasteiger partial charge in [-0.15, -0.1) is 0 Å². The minimum absolute atomic E-state index is 0.0534. The molecule has 0 fully saturated rings. The zero-order chi connectivity index (χ0) is 14.1. The van der Waals surface area contributed by atoms with Crippen LogP contribution in [0, 0.1) is 0 Å². The number of amides is 1. The van der Waals surface area contributed by atoms with Gasteiger partial charge in [-0.2, -0.15) is 0 Å². The van der Waals surface area contributed by atoms with E-state index >= 15 is 0 Å². The van der Waals surface area contributed by atoms with Gasteiger partial charge in [0.05, 0.1) is 13.2 Å². The molecule has 0 bridgehead atoms. The van der Waals surface area contributed by atoms with Gasteiger partial charge in [-0.05, 0) is 24.6 Å². The van der Waals surface area contributed by atoms with E-state index in [2.05, 4.69) is 0 Å². The van der Waals surface area contributed by atoms with E-state index in [1.807, 2.05) is 31.2 Å². The molecule has 1 aromatic rings. The fourth-order valence-corrected chi connectivity index (χ4v) is 1.57. The summed E-state index contributed by atoms with van der Waals surface area (Å²) in [5.74, 6) is 0.786. The van der Waals surface area contributed by atoms with Crippen molar-refractivity contribution in [1.82, 2.24) is 4.90 Å². The second-order valence-electron chi connectivity index (χ2n) is 4.17. The average Bonchev–Trinajstić information content (AvgIpc) is 2.41. The highest BCUT2D eigenvalue weighted by Gasteiger charge is 2.09. The summed E-state index contributed by atoms with van der Waals surface area (Å²) in [4.78, 5) is 13.4. The Morgan fingerprint density at radius 2 is 2.00 bits per heavy atom. The highest BCUT2D eigenvalue weighted by Crippen LogP contribution is 2.13. The van der Waals surface area contributed by atoms with E-state index in [0.29, 0.717) is 26.3 Å². The van der Waals surface area contributed by atoms with Crippen LogP contribution in [-0.2, 0) is 16.1 Å². The molecule has 2 N–H and O–H groups in total. The number of carbonyl (C=O) groups excluding carboxylic acids is 1. The van der Waals surface area contributed by atoms with Crippen molar-refractivity contribution in [2.24, 2.45) is 5.73 Å². The molecule has 106 valence electrons. The maximum atomic E-state index is 11.7. The van der Waals surface area contributed by atoms with E-state index in [1.54, 1.807) is 11.9 Å². The van der Waals surface area contributed by atoms with Gasteiger partial charge < -0.3 is 20.1 Å². The smallest absolute Gasteiger partial charge is 0.248 e. The summed E-state index contributed by atoms with van der Waals surface area (Å²) in [6.45, 7) is 4.05. The Bertz CT molecular complexity index is 379. The van der Waals surface area contributed by atoms with Gasteiger partial charge >= 0.3 is 0 Å². The van der Waals surface area contributed by atoms with E-state index in [9.17, 15) is 4.79 Å². The van der Waals surface area contributed by atoms with Crippen LogP contribution >= 0.6 is 0 Å². The Kier molecular flexibility index (Phi) is 6.92. The molecule has 0 aliphatic heterocycles. The lowest BCUT2D eigenvalue weighted by atomic mass is 10.2. The van der Waals surface area contributed by atoms with E-state index in [0.717, 1.165) is 11.3 Å². The number of ether oxygens (including phenoxy) is 2. The molecule has 0 unspecified atom stereocenters. The van der Waals surface area contributed by atoms with Crippen LogP contribution in [0.5, 0.6) is 5.75 Å². The van der Waals surface area contributed by atoms with Crippen molar-refractivity contribution in [2.45, 2.75) is 13.5 Å². The quantitative estimate of drug-likeness (QED) is 0.713. The topological polar surface area (TPSA) is 64.8 Å². The molecule has 1 amide bonds. The maximum absolute atomic E-state index is 11.7. The first-order valence-corrected chi connectivity index (χ1v) is 6.41.